The van der Waals surface area contributed by atoms with Crippen molar-refractivity contribution >= 4 is 36.7 Å². The zero-order valence-electron chi connectivity index (χ0n) is 11.5. The molecule has 0 heterocycles. The summed E-state index contributed by atoms with van der Waals surface area (Å²) in [5.41, 5.74) is 2.72. The van der Waals surface area contributed by atoms with Crippen LogP contribution in [0.3, 0.4) is 0 Å². The molecule has 22 heavy (non-hydrogen) atoms. The van der Waals surface area contributed by atoms with Gasteiger partial charge in [-0.25, -0.2) is 0 Å². The van der Waals surface area contributed by atoms with Crippen molar-refractivity contribution in [3.63, 3.8) is 0 Å². The fourth-order valence-electron chi connectivity index (χ4n) is 2.17. The van der Waals surface area contributed by atoms with Gasteiger partial charge in [0.2, 0.25) is 0 Å². The maximum absolute atomic E-state index is 7.50. The summed E-state index contributed by atoms with van der Waals surface area (Å²) >= 11 is 4.00. The van der Waals surface area contributed by atoms with Crippen LogP contribution in [0.1, 0.15) is 12.0 Å². The zero-order chi connectivity index (χ0) is 17.0. The molecule has 0 N–H and O–H groups in total. The maximum atomic E-state index is 7.50. The van der Waals surface area contributed by atoms with Crippen LogP contribution in [-0.2, 0) is 30.4 Å². The van der Waals surface area contributed by atoms with E-state index in [9.17, 15) is 0 Å². The molecule has 2 aromatic rings. The predicted octanol–water partition coefficient (Wildman–Crippen LogP) is 2.87. The van der Waals surface area contributed by atoms with Crippen molar-refractivity contribution in [2.75, 3.05) is 0 Å². The Hall–Kier alpha value is -2.29. The normalized spacial score (nSPS) is 11.5. The quantitative estimate of drug-likeness (QED) is 0.755. The van der Waals surface area contributed by atoms with Gasteiger partial charge in [0, 0.05) is 0 Å². The van der Waals surface area contributed by atoms with Crippen molar-refractivity contribution in [2.45, 2.75) is 6.42 Å². The van der Waals surface area contributed by atoms with Gasteiger partial charge in [-0.3, -0.25) is 14.4 Å². The topological polar surface area (TPSA) is 51.2 Å². The zero-order valence-corrected chi connectivity index (χ0v) is 12.6. The molecule has 0 fully saturated rings. The van der Waals surface area contributed by atoms with Crippen molar-refractivity contribution in [3.05, 3.63) is 64.7 Å². The molecule has 4 heteroatoms. The van der Waals surface area contributed by atoms with Crippen LogP contribution in [0.15, 0.2) is 59.1 Å². The molecular formula is C18H11FeO3. The molecule has 6 radical (unpaired) electrons. The average Bonchev–Trinajstić information content (AvgIpc) is 3.06. The van der Waals surface area contributed by atoms with E-state index in [4.69, 9.17) is 14.4 Å². The Bertz CT molecular complexity index is 652. The summed E-state index contributed by atoms with van der Waals surface area (Å²) in [4.78, 5) is 22.5. The fraction of sp³-hybridized carbons (Fsp3) is 0.0556. The average molecular weight is 331 g/mol. The van der Waals surface area contributed by atoms with Gasteiger partial charge in [0.1, 0.15) is 0 Å². The molecule has 109 valence electrons. The van der Waals surface area contributed by atoms with Crippen molar-refractivity contribution in [1.82, 2.24) is 0 Å². The van der Waals surface area contributed by atoms with Gasteiger partial charge in [-0.1, -0.05) is 0 Å². The van der Waals surface area contributed by atoms with Gasteiger partial charge in [0.25, 0.3) is 20.4 Å². The third-order valence-corrected chi connectivity index (χ3v) is 3.33. The molecule has 0 amide bonds. The molecule has 0 unspecified atom stereocenters. The van der Waals surface area contributed by atoms with Crippen LogP contribution in [0.5, 0.6) is 0 Å². The van der Waals surface area contributed by atoms with E-state index in [1.54, 1.807) is 0 Å². The Kier molecular flexibility index (Phi) is 10.2. The van der Waals surface area contributed by atoms with Gasteiger partial charge >= 0.3 is 103 Å². The first-order valence-electron chi connectivity index (χ1n) is 5.98. The van der Waals surface area contributed by atoms with Crippen LogP contribution in [0.4, 0.5) is 0 Å². The fourth-order valence-corrected chi connectivity index (χ4v) is 2.48. The van der Waals surface area contributed by atoms with E-state index in [0.29, 0.717) is 0 Å². The van der Waals surface area contributed by atoms with Crippen LogP contribution >= 0.6 is 0 Å². The first kappa shape index (κ1) is 19.7. The molecule has 1 aliphatic carbocycles. The summed E-state index contributed by atoms with van der Waals surface area (Å²) in [6, 6.07) is 15.0. The standard InChI is InChI=1S/C15H11.3CO.Fe/c1-2-7-12(6-1)15-11-5-9-13-8-3-4-10-14(13)15;3*1-2;/h1,3-6,8-11H,7H2;;;;. The monoisotopic (exact) mass is 331 g/mol. The second-order valence-corrected chi connectivity index (χ2v) is 4.70. The molecular weight excluding hydrogens is 320 g/mol. The van der Waals surface area contributed by atoms with E-state index in [0.717, 1.165) is 6.42 Å². The minimum absolute atomic E-state index is 0.980. The first-order valence-corrected chi connectivity index (χ1v) is 6.53. The molecule has 0 bridgehead atoms. The summed E-state index contributed by atoms with van der Waals surface area (Å²) < 4.78 is 1.20. The van der Waals surface area contributed by atoms with Crippen LogP contribution in [-0.4, -0.2) is 20.4 Å². The predicted molar refractivity (Wildman–Crippen MR) is 81.7 cm³/mol. The molecule has 0 aliphatic heterocycles. The van der Waals surface area contributed by atoms with Crippen molar-refractivity contribution < 1.29 is 30.4 Å². The first-order chi connectivity index (χ1) is 10.8. The Balaban J connectivity index is 0.000000661. The van der Waals surface area contributed by atoms with Crippen LogP contribution in [0.25, 0.3) is 16.3 Å². The van der Waals surface area contributed by atoms with Crippen LogP contribution in [0, 0.1) is 0 Å². The summed E-state index contributed by atoms with van der Waals surface area (Å²) in [6.07, 6.45) is 5.27. The molecule has 2 aromatic carbocycles. The van der Waals surface area contributed by atoms with Gasteiger partial charge in [0.15, 0.2) is 0 Å². The van der Waals surface area contributed by atoms with Crippen LogP contribution < -0.4 is 0 Å². The van der Waals surface area contributed by atoms with Crippen molar-refractivity contribution in [3.8, 4) is 0 Å². The number of benzene rings is 2. The molecule has 0 spiro atoms. The number of allylic oxidation sites excluding steroid dienone is 4. The Morgan fingerprint density at radius 1 is 0.773 bits per heavy atom. The van der Waals surface area contributed by atoms with Gasteiger partial charge in [-0.05, 0) is 0 Å². The molecule has 1 aliphatic rings. The Morgan fingerprint density at radius 2 is 1.36 bits per heavy atom. The van der Waals surface area contributed by atoms with E-state index in [1.165, 1.54) is 26.4 Å². The number of rotatable bonds is 1. The molecule has 3 rings (SSSR count). The van der Waals surface area contributed by atoms with Gasteiger partial charge in [-0.15, -0.1) is 0 Å². The minimum atomic E-state index is 0.980. The molecule has 0 aromatic heterocycles. The summed E-state index contributed by atoms with van der Waals surface area (Å²) in [5, 5.41) is 2.64. The molecule has 0 saturated heterocycles. The van der Waals surface area contributed by atoms with Gasteiger partial charge in [0.05, 0.1) is 0 Å². The van der Waals surface area contributed by atoms with E-state index in [2.05, 4.69) is 91.0 Å². The summed E-state index contributed by atoms with van der Waals surface area (Å²) in [7, 11) is 0. The number of hydrogen-bond donors (Lipinski definition) is 0. The van der Waals surface area contributed by atoms with Crippen molar-refractivity contribution in [1.29, 1.82) is 0 Å². The summed E-state index contributed by atoms with van der Waals surface area (Å²) in [6.45, 7) is 13.5. The van der Waals surface area contributed by atoms with Gasteiger partial charge < -0.3 is 0 Å². The third kappa shape index (κ3) is 4.92. The van der Waals surface area contributed by atoms with E-state index < -0.39 is 0 Å². The Labute approximate surface area is 138 Å². The SMILES string of the molecule is [C]=O.[C]=O.[C]=O.[Fe][C]1=CC=C(c2cccc3ccccc23)C1. The number of carbonyl (C=O) groups excluding carboxylic acids is 3. The summed E-state index contributed by atoms with van der Waals surface area (Å²) in [5.74, 6) is 0. The third-order valence-electron chi connectivity index (χ3n) is 2.95. The van der Waals surface area contributed by atoms with E-state index in [-0.39, 0.29) is 0 Å². The van der Waals surface area contributed by atoms with Crippen LogP contribution in [0.2, 0.25) is 0 Å². The van der Waals surface area contributed by atoms with Gasteiger partial charge in [-0.2, -0.15) is 0 Å². The van der Waals surface area contributed by atoms with Crippen molar-refractivity contribution in [2.24, 2.45) is 0 Å². The second-order valence-electron chi connectivity index (χ2n) is 3.99. The molecule has 0 atom stereocenters. The molecule has 3 nitrogen and oxygen atoms in total. The number of hydrogen-bond acceptors (Lipinski definition) is 3. The second kappa shape index (κ2) is 11.4. The van der Waals surface area contributed by atoms with E-state index >= 15 is 0 Å². The Morgan fingerprint density at radius 3 is 1.95 bits per heavy atom. The number of fused-ring (bicyclic) bond motifs is 1. The molecule has 0 saturated carbocycles. The van der Waals surface area contributed by atoms with E-state index in [1.807, 2.05) is 0 Å².